The average molecular weight is 150 g/mol. The molecule has 0 saturated heterocycles. The van der Waals surface area contributed by atoms with Gasteiger partial charge in [0.1, 0.15) is 5.82 Å². The molecule has 2 heteroatoms. The summed E-state index contributed by atoms with van der Waals surface area (Å²) in [6, 6.07) is 0. The van der Waals surface area contributed by atoms with Gasteiger partial charge in [0.2, 0.25) is 0 Å². The largest absolute Gasteiger partial charge is 0.335 e. The minimum Gasteiger partial charge on any atom is -0.335 e. The Morgan fingerprint density at radius 3 is 2.82 bits per heavy atom. The van der Waals surface area contributed by atoms with Crippen molar-refractivity contribution >= 4 is 0 Å². The van der Waals surface area contributed by atoms with E-state index >= 15 is 0 Å². The molecule has 1 aromatic rings. The van der Waals surface area contributed by atoms with Gasteiger partial charge in [-0.1, -0.05) is 6.92 Å². The van der Waals surface area contributed by atoms with E-state index in [0.29, 0.717) is 0 Å². The van der Waals surface area contributed by atoms with Crippen LogP contribution in [0, 0.1) is 0 Å². The number of hydrogen-bond donors (Lipinski definition) is 0. The lowest BCUT2D eigenvalue weighted by Gasteiger charge is -2.01. The highest BCUT2D eigenvalue weighted by Gasteiger charge is 2.27. The van der Waals surface area contributed by atoms with E-state index in [4.69, 9.17) is 0 Å². The summed E-state index contributed by atoms with van der Waals surface area (Å²) in [5.41, 5.74) is 1.35. The Morgan fingerprint density at radius 2 is 2.36 bits per heavy atom. The van der Waals surface area contributed by atoms with Crippen LogP contribution in [0.2, 0.25) is 0 Å². The molecule has 2 nitrogen and oxygen atoms in total. The van der Waals surface area contributed by atoms with Gasteiger partial charge in [0.05, 0.1) is 0 Å². The van der Waals surface area contributed by atoms with Crippen molar-refractivity contribution in [3.8, 4) is 0 Å². The molecule has 1 saturated carbocycles. The molecule has 0 aliphatic heterocycles. The number of aryl methyl sites for hydroxylation is 1. The maximum Gasteiger partial charge on any atom is 0.111 e. The number of rotatable bonds is 2. The van der Waals surface area contributed by atoms with Crippen molar-refractivity contribution in [2.24, 2.45) is 7.05 Å². The van der Waals surface area contributed by atoms with Crippen molar-refractivity contribution in [3.63, 3.8) is 0 Å². The van der Waals surface area contributed by atoms with Crippen molar-refractivity contribution in [2.75, 3.05) is 0 Å². The molecule has 0 aromatic carbocycles. The Labute approximate surface area is 67.3 Å². The molecule has 60 valence electrons. The summed E-state index contributed by atoms with van der Waals surface area (Å²) in [6.45, 7) is 2.17. The molecule has 1 heterocycles. The van der Waals surface area contributed by atoms with Crippen LogP contribution < -0.4 is 0 Å². The Balaban J connectivity index is 2.33. The highest BCUT2D eigenvalue weighted by Crippen LogP contribution is 2.39. The highest BCUT2D eigenvalue weighted by atomic mass is 15.1. The number of nitrogens with zero attached hydrogens (tertiary/aromatic N) is 2. The zero-order valence-electron chi connectivity index (χ0n) is 7.17. The minimum absolute atomic E-state index is 0.778. The first-order chi connectivity index (χ1) is 5.33. The third kappa shape index (κ3) is 1.06. The Hall–Kier alpha value is -0.790. The zero-order valence-corrected chi connectivity index (χ0v) is 7.17. The molecule has 0 spiro atoms. The van der Waals surface area contributed by atoms with Gasteiger partial charge in [-0.2, -0.15) is 0 Å². The Bertz CT molecular complexity index is 259. The Kier molecular flexibility index (Phi) is 1.48. The minimum atomic E-state index is 0.778. The Morgan fingerprint density at radius 1 is 1.64 bits per heavy atom. The first-order valence-electron chi connectivity index (χ1n) is 4.33. The molecule has 0 amide bonds. The van der Waals surface area contributed by atoms with Crippen molar-refractivity contribution in [1.82, 2.24) is 9.55 Å². The lowest BCUT2D eigenvalue weighted by atomic mass is 10.3. The van der Waals surface area contributed by atoms with E-state index in [0.717, 1.165) is 12.3 Å². The molecule has 0 N–H and O–H groups in total. The van der Waals surface area contributed by atoms with Gasteiger partial charge in [-0.05, 0) is 19.3 Å². The smallest absolute Gasteiger partial charge is 0.111 e. The molecular weight excluding hydrogens is 136 g/mol. The van der Waals surface area contributed by atoms with Crippen molar-refractivity contribution < 1.29 is 0 Å². The highest BCUT2D eigenvalue weighted by molar-refractivity contribution is 5.12. The fraction of sp³-hybridized carbons (Fsp3) is 0.667. The van der Waals surface area contributed by atoms with Crippen LogP contribution in [0.4, 0.5) is 0 Å². The first kappa shape index (κ1) is 6.89. The maximum atomic E-state index is 4.41. The van der Waals surface area contributed by atoms with E-state index in [1.165, 1.54) is 24.4 Å². The zero-order chi connectivity index (χ0) is 7.84. The van der Waals surface area contributed by atoms with Gasteiger partial charge in [0.25, 0.3) is 0 Å². The molecule has 1 aliphatic rings. The van der Waals surface area contributed by atoms with E-state index < -0.39 is 0 Å². The van der Waals surface area contributed by atoms with Gasteiger partial charge in [0.15, 0.2) is 0 Å². The predicted octanol–water partition coefficient (Wildman–Crippen LogP) is 1.86. The summed E-state index contributed by atoms with van der Waals surface area (Å²) < 4.78 is 2.25. The van der Waals surface area contributed by atoms with Crippen LogP contribution in [0.15, 0.2) is 6.20 Å². The van der Waals surface area contributed by atoms with Gasteiger partial charge < -0.3 is 4.57 Å². The molecule has 1 aromatic heterocycles. The van der Waals surface area contributed by atoms with Gasteiger partial charge in [-0.25, -0.2) is 4.98 Å². The molecule has 0 bridgehead atoms. The van der Waals surface area contributed by atoms with Gasteiger partial charge in [0, 0.05) is 24.9 Å². The van der Waals surface area contributed by atoms with Crippen LogP contribution in [0.5, 0.6) is 0 Å². The summed E-state index contributed by atoms with van der Waals surface area (Å²) in [4.78, 5) is 4.41. The summed E-state index contributed by atoms with van der Waals surface area (Å²) in [5, 5.41) is 0. The fourth-order valence-electron chi connectivity index (χ4n) is 1.51. The van der Waals surface area contributed by atoms with Gasteiger partial charge in [-0.3, -0.25) is 0 Å². The third-order valence-electron chi connectivity index (χ3n) is 2.43. The second-order valence-corrected chi connectivity index (χ2v) is 3.29. The summed E-state index contributed by atoms with van der Waals surface area (Å²) >= 11 is 0. The molecule has 1 aliphatic carbocycles. The van der Waals surface area contributed by atoms with Crippen LogP contribution in [-0.4, -0.2) is 9.55 Å². The molecular formula is C9H14N2. The quantitative estimate of drug-likeness (QED) is 0.629. The normalized spacial score (nSPS) is 17.3. The first-order valence-corrected chi connectivity index (χ1v) is 4.33. The lowest BCUT2D eigenvalue weighted by molar-refractivity contribution is 0.758. The summed E-state index contributed by atoms with van der Waals surface area (Å²) in [5.74, 6) is 2.07. The topological polar surface area (TPSA) is 17.8 Å². The van der Waals surface area contributed by atoms with E-state index in [1.54, 1.807) is 0 Å². The second-order valence-electron chi connectivity index (χ2n) is 3.29. The standard InChI is InChI=1S/C9H14N2/c1-3-8-6-10-9(11(8)2)7-4-5-7/h6-7H,3-5H2,1-2H3. The van der Waals surface area contributed by atoms with Crippen molar-refractivity contribution in [1.29, 1.82) is 0 Å². The molecule has 1 fully saturated rings. The van der Waals surface area contributed by atoms with Crippen LogP contribution in [0.25, 0.3) is 0 Å². The molecule has 2 rings (SSSR count). The maximum absolute atomic E-state index is 4.41. The van der Waals surface area contributed by atoms with E-state index in [9.17, 15) is 0 Å². The monoisotopic (exact) mass is 150 g/mol. The third-order valence-corrected chi connectivity index (χ3v) is 2.43. The molecule has 11 heavy (non-hydrogen) atoms. The van der Waals surface area contributed by atoms with Crippen LogP contribution >= 0.6 is 0 Å². The SMILES string of the molecule is CCc1cnc(C2CC2)n1C. The van der Waals surface area contributed by atoms with Crippen LogP contribution in [0.3, 0.4) is 0 Å². The second kappa shape index (κ2) is 2.36. The molecule has 0 atom stereocenters. The average Bonchev–Trinajstić information content (AvgIpc) is 2.77. The van der Waals surface area contributed by atoms with Crippen LogP contribution in [-0.2, 0) is 13.5 Å². The van der Waals surface area contributed by atoms with E-state index in [2.05, 4.69) is 23.5 Å². The molecule has 0 unspecified atom stereocenters. The summed E-state index contributed by atoms with van der Waals surface area (Å²) in [7, 11) is 2.12. The summed E-state index contributed by atoms with van der Waals surface area (Å²) in [6.07, 6.45) is 5.78. The number of imidazole rings is 1. The fourth-order valence-corrected chi connectivity index (χ4v) is 1.51. The van der Waals surface area contributed by atoms with Crippen molar-refractivity contribution in [2.45, 2.75) is 32.1 Å². The number of aromatic nitrogens is 2. The predicted molar refractivity (Wildman–Crippen MR) is 44.6 cm³/mol. The van der Waals surface area contributed by atoms with E-state index in [-0.39, 0.29) is 0 Å². The molecule has 0 radical (unpaired) electrons. The van der Waals surface area contributed by atoms with Gasteiger partial charge >= 0.3 is 0 Å². The lowest BCUT2D eigenvalue weighted by Crippen LogP contribution is -1.99. The van der Waals surface area contributed by atoms with E-state index in [1.807, 2.05) is 6.20 Å². The van der Waals surface area contributed by atoms with Crippen LogP contribution in [0.1, 0.15) is 37.2 Å². The number of hydrogen-bond acceptors (Lipinski definition) is 1. The van der Waals surface area contributed by atoms with Gasteiger partial charge in [-0.15, -0.1) is 0 Å². The van der Waals surface area contributed by atoms with Crippen molar-refractivity contribution in [3.05, 3.63) is 17.7 Å².